The van der Waals surface area contributed by atoms with E-state index >= 15 is 0 Å². The molecule has 3 heteroatoms. The van der Waals surface area contributed by atoms with E-state index in [1.54, 1.807) is 6.07 Å². The zero-order chi connectivity index (χ0) is 13.2. The lowest BCUT2D eigenvalue weighted by Gasteiger charge is -2.41. The Kier molecular flexibility index (Phi) is 3.91. The van der Waals surface area contributed by atoms with Crippen molar-refractivity contribution in [1.82, 2.24) is 0 Å². The summed E-state index contributed by atoms with van der Waals surface area (Å²) < 4.78 is 19.5. The second-order valence-electron chi connectivity index (χ2n) is 5.21. The molecular weight excluding hydrogens is 229 g/mol. The fourth-order valence-corrected chi connectivity index (χ4v) is 3.22. The summed E-state index contributed by atoms with van der Waals surface area (Å²) in [5.74, 6) is 0.355. The van der Waals surface area contributed by atoms with Gasteiger partial charge < -0.3 is 10.5 Å². The van der Waals surface area contributed by atoms with E-state index in [-0.39, 0.29) is 11.6 Å². The minimum atomic E-state index is -0.536. The van der Waals surface area contributed by atoms with E-state index in [9.17, 15) is 4.39 Å². The van der Waals surface area contributed by atoms with E-state index in [2.05, 4.69) is 6.92 Å². The van der Waals surface area contributed by atoms with Crippen LogP contribution in [0.25, 0.3) is 0 Å². The molecule has 2 nitrogen and oxygen atoms in total. The Morgan fingerprint density at radius 3 is 2.89 bits per heavy atom. The van der Waals surface area contributed by atoms with Crippen molar-refractivity contribution in [2.24, 2.45) is 11.7 Å². The van der Waals surface area contributed by atoms with Crippen molar-refractivity contribution in [3.8, 4) is 5.75 Å². The van der Waals surface area contributed by atoms with Crippen molar-refractivity contribution in [3.63, 3.8) is 0 Å². The highest BCUT2D eigenvalue weighted by atomic mass is 19.1. The molecule has 2 atom stereocenters. The van der Waals surface area contributed by atoms with Gasteiger partial charge in [-0.2, -0.15) is 0 Å². The molecule has 1 aliphatic carbocycles. The predicted octanol–water partition coefficient (Wildman–Crippen LogP) is 3.59. The van der Waals surface area contributed by atoms with Gasteiger partial charge in [-0.15, -0.1) is 0 Å². The van der Waals surface area contributed by atoms with Crippen LogP contribution in [0.4, 0.5) is 4.39 Å². The van der Waals surface area contributed by atoms with E-state index in [0.29, 0.717) is 11.5 Å². The van der Waals surface area contributed by atoms with Gasteiger partial charge in [0.15, 0.2) is 11.6 Å². The van der Waals surface area contributed by atoms with Crippen LogP contribution < -0.4 is 10.5 Å². The van der Waals surface area contributed by atoms with Crippen molar-refractivity contribution in [2.75, 3.05) is 7.11 Å². The maximum Gasteiger partial charge on any atom is 0.170 e. The summed E-state index contributed by atoms with van der Waals surface area (Å²) in [5, 5.41) is 0. The molecule has 0 bridgehead atoms. The second kappa shape index (κ2) is 5.27. The first-order valence-corrected chi connectivity index (χ1v) is 6.75. The molecule has 2 unspecified atom stereocenters. The van der Waals surface area contributed by atoms with Gasteiger partial charge in [0.1, 0.15) is 0 Å². The molecule has 0 saturated heterocycles. The summed E-state index contributed by atoms with van der Waals surface area (Å²) in [6.07, 6.45) is 5.21. The molecule has 1 aliphatic rings. The molecule has 1 saturated carbocycles. The molecule has 0 amide bonds. The van der Waals surface area contributed by atoms with Gasteiger partial charge in [-0.25, -0.2) is 4.39 Å². The average molecular weight is 251 g/mol. The van der Waals surface area contributed by atoms with Crippen molar-refractivity contribution in [2.45, 2.75) is 44.6 Å². The topological polar surface area (TPSA) is 35.2 Å². The number of hydrogen-bond acceptors (Lipinski definition) is 2. The van der Waals surface area contributed by atoms with Crippen LogP contribution in [0.5, 0.6) is 5.75 Å². The number of hydrogen-bond donors (Lipinski definition) is 1. The Labute approximate surface area is 108 Å². The highest BCUT2D eigenvalue weighted by molar-refractivity contribution is 5.36. The number of rotatable bonds is 3. The van der Waals surface area contributed by atoms with E-state index in [0.717, 1.165) is 25.7 Å². The molecule has 0 radical (unpaired) electrons. The molecule has 100 valence electrons. The quantitative estimate of drug-likeness (QED) is 0.891. The number of methoxy groups -OCH3 is 1. The third-order valence-corrected chi connectivity index (χ3v) is 4.30. The fourth-order valence-electron chi connectivity index (χ4n) is 3.22. The van der Waals surface area contributed by atoms with Crippen LogP contribution in [0, 0.1) is 11.7 Å². The SMILES string of the molecule is CCC1CCCCC1(N)c1cccc(OC)c1F. The first kappa shape index (κ1) is 13.3. The maximum absolute atomic E-state index is 14.4. The van der Waals surface area contributed by atoms with E-state index in [1.807, 2.05) is 12.1 Å². The first-order valence-electron chi connectivity index (χ1n) is 6.75. The lowest BCUT2D eigenvalue weighted by atomic mass is 9.68. The van der Waals surface area contributed by atoms with Crippen LogP contribution in [0.2, 0.25) is 0 Å². The molecule has 0 heterocycles. The van der Waals surface area contributed by atoms with Crippen LogP contribution in [-0.2, 0) is 5.54 Å². The smallest absolute Gasteiger partial charge is 0.170 e. The van der Waals surface area contributed by atoms with E-state index in [1.165, 1.54) is 13.5 Å². The summed E-state index contributed by atoms with van der Waals surface area (Å²) in [5.41, 5.74) is 6.65. The number of nitrogens with two attached hydrogens (primary N) is 1. The van der Waals surface area contributed by atoms with Gasteiger partial charge in [-0.05, 0) is 24.8 Å². The van der Waals surface area contributed by atoms with Crippen molar-refractivity contribution < 1.29 is 9.13 Å². The minimum Gasteiger partial charge on any atom is -0.494 e. The molecule has 0 spiro atoms. The van der Waals surface area contributed by atoms with Crippen molar-refractivity contribution in [3.05, 3.63) is 29.6 Å². The summed E-state index contributed by atoms with van der Waals surface area (Å²) in [6.45, 7) is 2.13. The summed E-state index contributed by atoms with van der Waals surface area (Å²) in [6, 6.07) is 5.28. The van der Waals surface area contributed by atoms with Gasteiger partial charge in [0.05, 0.1) is 7.11 Å². The first-order chi connectivity index (χ1) is 8.63. The number of ether oxygens (including phenoxy) is 1. The molecule has 1 aromatic carbocycles. The Morgan fingerprint density at radius 2 is 2.22 bits per heavy atom. The van der Waals surface area contributed by atoms with Crippen molar-refractivity contribution in [1.29, 1.82) is 0 Å². The van der Waals surface area contributed by atoms with Gasteiger partial charge in [0.25, 0.3) is 0 Å². The molecule has 18 heavy (non-hydrogen) atoms. The molecule has 0 aromatic heterocycles. The average Bonchev–Trinajstić information content (AvgIpc) is 2.39. The molecule has 1 aromatic rings. The summed E-state index contributed by atoms with van der Waals surface area (Å²) in [4.78, 5) is 0. The second-order valence-corrected chi connectivity index (χ2v) is 5.21. The fraction of sp³-hybridized carbons (Fsp3) is 0.600. The number of benzene rings is 1. The molecule has 0 aliphatic heterocycles. The van der Waals surface area contributed by atoms with Crippen LogP contribution in [-0.4, -0.2) is 7.11 Å². The third-order valence-electron chi connectivity index (χ3n) is 4.30. The Morgan fingerprint density at radius 1 is 1.44 bits per heavy atom. The van der Waals surface area contributed by atoms with Gasteiger partial charge in [0.2, 0.25) is 0 Å². The van der Waals surface area contributed by atoms with Crippen LogP contribution in [0.15, 0.2) is 18.2 Å². The monoisotopic (exact) mass is 251 g/mol. The number of halogens is 1. The largest absolute Gasteiger partial charge is 0.494 e. The third kappa shape index (κ3) is 2.12. The zero-order valence-electron chi connectivity index (χ0n) is 11.2. The van der Waals surface area contributed by atoms with Crippen molar-refractivity contribution >= 4 is 0 Å². The Hall–Kier alpha value is -1.09. The van der Waals surface area contributed by atoms with E-state index in [4.69, 9.17) is 10.5 Å². The van der Waals surface area contributed by atoms with Crippen LogP contribution in [0.3, 0.4) is 0 Å². The van der Waals surface area contributed by atoms with E-state index < -0.39 is 5.54 Å². The molecular formula is C15H22FNO. The Bertz CT molecular complexity index is 421. The van der Waals surface area contributed by atoms with Gasteiger partial charge in [0, 0.05) is 11.1 Å². The van der Waals surface area contributed by atoms with Crippen LogP contribution >= 0.6 is 0 Å². The van der Waals surface area contributed by atoms with Crippen LogP contribution in [0.1, 0.15) is 44.6 Å². The maximum atomic E-state index is 14.4. The normalized spacial score (nSPS) is 28.1. The Balaban J connectivity index is 2.45. The van der Waals surface area contributed by atoms with Gasteiger partial charge in [-0.1, -0.05) is 38.3 Å². The highest BCUT2D eigenvalue weighted by Crippen LogP contribution is 2.43. The minimum absolute atomic E-state index is 0.289. The zero-order valence-corrected chi connectivity index (χ0v) is 11.2. The summed E-state index contributed by atoms with van der Waals surface area (Å²) >= 11 is 0. The van der Waals surface area contributed by atoms with Gasteiger partial charge >= 0.3 is 0 Å². The lowest BCUT2D eigenvalue weighted by Crippen LogP contribution is -2.46. The highest BCUT2D eigenvalue weighted by Gasteiger charge is 2.39. The predicted molar refractivity (Wildman–Crippen MR) is 71.1 cm³/mol. The molecule has 1 fully saturated rings. The summed E-state index contributed by atoms with van der Waals surface area (Å²) in [7, 11) is 1.49. The molecule has 2 rings (SSSR count). The standard InChI is InChI=1S/C15H22FNO/c1-3-11-7-4-5-10-15(11,17)12-8-6-9-13(18-2)14(12)16/h6,8-9,11H,3-5,7,10,17H2,1-2H3. The molecule has 2 N–H and O–H groups in total. The van der Waals surface area contributed by atoms with Gasteiger partial charge in [-0.3, -0.25) is 0 Å². The lowest BCUT2D eigenvalue weighted by molar-refractivity contribution is 0.178.